The zero-order valence-electron chi connectivity index (χ0n) is 16.1. The zero-order chi connectivity index (χ0) is 19.2. The molecule has 3 nitrogen and oxygen atoms in total. The summed E-state index contributed by atoms with van der Waals surface area (Å²) >= 11 is 0. The van der Waals surface area contributed by atoms with Gasteiger partial charge in [0.15, 0.2) is 17.7 Å². The first kappa shape index (κ1) is 19.4. The summed E-state index contributed by atoms with van der Waals surface area (Å²) in [6.45, 7) is 3.92. The largest absolute Gasteiger partial charge is 0.478 e. The van der Waals surface area contributed by atoms with Gasteiger partial charge in [0.05, 0.1) is 6.04 Å². The Kier molecular flexibility index (Phi) is 6.49. The quantitative estimate of drug-likeness (QED) is 0.735. The van der Waals surface area contributed by atoms with E-state index in [-0.39, 0.29) is 17.7 Å². The Morgan fingerprint density at radius 3 is 2.52 bits per heavy atom. The molecule has 0 spiro atoms. The highest BCUT2D eigenvalue weighted by atomic mass is 19.1. The molecule has 0 aromatic heterocycles. The number of rotatable bonds is 7. The molecule has 144 valence electrons. The van der Waals surface area contributed by atoms with Crippen molar-refractivity contribution in [3.63, 3.8) is 0 Å². The Hall–Kier alpha value is -2.36. The Labute approximate surface area is 160 Å². The third-order valence-electron chi connectivity index (χ3n) is 5.27. The lowest BCUT2D eigenvalue weighted by Crippen LogP contribution is -2.40. The topological polar surface area (TPSA) is 38.3 Å². The fourth-order valence-electron chi connectivity index (χ4n) is 3.67. The van der Waals surface area contributed by atoms with Crippen molar-refractivity contribution in [3.05, 3.63) is 65.0 Å². The van der Waals surface area contributed by atoms with Crippen LogP contribution in [0.3, 0.4) is 0 Å². The summed E-state index contributed by atoms with van der Waals surface area (Å²) in [4.78, 5) is 12.8. The summed E-state index contributed by atoms with van der Waals surface area (Å²) in [7, 11) is 0. The number of benzene rings is 2. The van der Waals surface area contributed by atoms with E-state index in [1.165, 1.54) is 30.0 Å². The molecule has 2 atom stereocenters. The van der Waals surface area contributed by atoms with E-state index in [0.29, 0.717) is 6.42 Å². The summed E-state index contributed by atoms with van der Waals surface area (Å²) in [6.07, 6.45) is 5.30. The van der Waals surface area contributed by atoms with Gasteiger partial charge >= 0.3 is 0 Å². The number of carbonyl (C=O) groups is 1. The van der Waals surface area contributed by atoms with Crippen LogP contribution < -0.4 is 10.1 Å². The number of hydrogen-bond acceptors (Lipinski definition) is 2. The van der Waals surface area contributed by atoms with E-state index in [9.17, 15) is 9.18 Å². The van der Waals surface area contributed by atoms with E-state index in [1.807, 2.05) is 6.92 Å². The number of ether oxygens (including phenoxy) is 1. The molecule has 0 heterocycles. The molecule has 1 aliphatic rings. The molecule has 0 fully saturated rings. The molecular formula is C23H28FNO2. The summed E-state index contributed by atoms with van der Waals surface area (Å²) in [5.74, 6) is -0.544. The number of fused-ring (bicyclic) bond motifs is 1. The summed E-state index contributed by atoms with van der Waals surface area (Å²) < 4.78 is 19.5. The molecule has 0 unspecified atom stereocenters. The average molecular weight is 369 g/mol. The lowest BCUT2D eigenvalue weighted by molar-refractivity contribution is -0.129. The van der Waals surface area contributed by atoms with Gasteiger partial charge in [0.2, 0.25) is 0 Å². The van der Waals surface area contributed by atoms with Crippen molar-refractivity contribution in [3.8, 4) is 5.75 Å². The molecule has 2 aromatic rings. The van der Waals surface area contributed by atoms with Gasteiger partial charge in [-0.25, -0.2) is 4.39 Å². The molecule has 2 aromatic carbocycles. The fourth-order valence-corrected chi connectivity index (χ4v) is 3.67. The number of aryl methyl sites for hydroxylation is 2. The number of halogens is 1. The van der Waals surface area contributed by atoms with Gasteiger partial charge in [-0.1, -0.05) is 44.2 Å². The van der Waals surface area contributed by atoms with Crippen molar-refractivity contribution in [1.82, 2.24) is 5.32 Å². The molecule has 1 amide bonds. The maximum Gasteiger partial charge on any atom is 0.261 e. The van der Waals surface area contributed by atoms with Crippen LogP contribution in [-0.4, -0.2) is 12.0 Å². The van der Waals surface area contributed by atoms with Gasteiger partial charge in [-0.3, -0.25) is 4.79 Å². The Bertz CT molecular complexity index is 790. The van der Waals surface area contributed by atoms with E-state index in [1.54, 1.807) is 18.2 Å². The molecule has 1 aliphatic carbocycles. The van der Waals surface area contributed by atoms with Crippen LogP contribution in [-0.2, 0) is 17.6 Å². The molecule has 1 N–H and O–H groups in total. The minimum atomic E-state index is -0.714. The average Bonchev–Trinajstić information content (AvgIpc) is 2.70. The molecular weight excluding hydrogens is 341 g/mol. The molecule has 27 heavy (non-hydrogen) atoms. The van der Waals surface area contributed by atoms with E-state index in [4.69, 9.17) is 4.74 Å². The highest BCUT2D eigenvalue weighted by molar-refractivity contribution is 5.81. The molecule has 0 saturated carbocycles. The van der Waals surface area contributed by atoms with Gasteiger partial charge in [-0.2, -0.15) is 0 Å². The van der Waals surface area contributed by atoms with Crippen LogP contribution >= 0.6 is 0 Å². The number of carbonyl (C=O) groups excluding carboxylic acids is 1. The lowest BCUT2D eigenvalue weighted by atomic mass is 9.88. The first-order chi connectivity index (χ1) is 13.1. The molecule has 3 rings (SSSR count). The standard InChI is InChI=1S/C23H28FNO2/c1-3-20(18-14-13-16-9-5-6-10-17(16)15-18)25-23(26)21(4-2)27-22-12-8-7-11-19(22)24/h7-8,11-15,20-21H,3-6,9-10H2,1-2H3,(H,25,26)/t20-,21-/m1/s1. The van der Waals surface area contributed by atoms with Crippen LogP contribution in [0.1, 0.15) is 62.3 Å². The fraction of sp³-hybridized carbons (Fsp3) is 0.435. The van der Waals surface area contributed by atoms with Gasteiger partial charge in [0.1, 0.15) is 0 Å². The van der Waals surface area contributed by atoms with E-state index < -0.39 is 11.9 Å². The summed E-state index contributed by atoms with van der Waals surface area (Å²) in [5.41, 5.74) is 3.97. The molecule has 0 saturated heterocycles. The van der Waals surface area contributed by atoms with E-state index in [0.717, 1.165) is 24.8 Å². The summed E-state index contributed by atoms with van der Waals surface area (Å²) in [6, 6.07) is 12.7. The molecule has 0 radical (unpaired) electrons. The number of para-hydroxylation sites is 1. The van der Waals surface area contributed by atoms with Crippen LogP contribution in [0.15, 0.2) is 42.5 Å². The van der Waals surface area contributed by atoms with Gasteiger partial charge in [0, 0.05) is 0 Å². The third-order valence-corrected chi connectivity index (χ3v) is 5.27. The number of hydrogen-bond donors (Lipinski definition) is 1. The first-order valence-corrected chi connectivity index (χ1v) is 9.95. The van der Waals surface area contributed by atoms with Crippen LogP contribution in [0.4, 0.5) is 4.39 Å². The predicted molar refractivity (Wildman–Crippen MR) is 105 cm³/mol. The predicted octanol–water partition coefficient (Wildman–Crippen LogP) is 5.13. The molecule has 0 bridgehead atoms. The normalized spacial score (nSPS) is 15.5. The Balaban J connectivity index is 1.71. The van der Waals surface area contributed by atoms with Crippen molar-refractivity contribution in [2.45, 2.75) is 64.5 Å². The zero-order valence-corrected chi connectivity index (χ0v) is 16.1. The molecule has 4 heteroatoms. The SMILES string of the molecule is CC[C@@H](Oc1ccccc1F)C(=O)N[C@H](CC)c1ccc2c(c1)CCCC2. The maximum atomic E-state index is 13.8. The minimum absolute atomic E-state index is 0.0667. The lowest BCUT2D eigenvalue weighted by Gasteiger charge is -2.24. The second-order valence-corrected chi connectivity index (χ2v) is 7.15. The van der Waals surface area contributed by atoms with Crippen molar-refractivity contribution in [2.75, 3.05) is 0 Å². The maximum absolute atomic E-state index is 13.8. The van der Waals surface area contributed by atoms with Crippen molar-refractivity contribution < 1.29 is 13.9 Å². The second-order valence-electron chi connectivity index (χ2n) is 7.15. The van der Waals surface area contributed by atoms with Gasteiger partial charge in [0.25, 0.3) is 5.91 Å². The van der Waals surface area contributed by atoms with Crippen molar-refractivity contribution in [1.29, 1.82) is 0 Å². The smallest absolute Gasteiger partial charge is 0.261 e. The van der Waals surface area contributed by atoms with Crippen LogP contribution in [0, 0.1) is 5.82 Å². The van der Waals surface area contributed by atoms with Gasteiger partial charge in [-0.15, -0.1) is 0 Å². The van der Waals surface area contributed by atoms with Gasteiger partial charge < -0.3 is 10.1 Å². The Morgan fingerprint density at radius 1 is 1.07 bits per heavy atom. The van der Waals surface area contributed by atoms with Crippen molar-refractivity contribution >= 4 is 5.91 Å². The first-order valence-electron chi connectivity index (χ1n) is 9.95. The van der Waals surface area contributed by atoms with Gasteiger partial charge in [-0.05, 0) is 67.3 Å². The Morgan fingerprint density at radius 2 is 1.81 bits per heavy atom. The van der Waals surface area contributed by atoms with Crippen LogP contribution in [0.5, 0.6) is 5.75 Å². The van der Waals surface area contributed by atoms with Crippen LogP contribution in [0.25, 0.3) is 0 Å². The third kappa shape index (κ3) is 4.68. The minimum Gasteiger partial charge on any atom is -0.478 e. The van der Waals surface area contributed by atoms with Crippen molar-refractivity contribution in [2.24, 2.45) is 0 Å². The number of nitrogens with one attached hydrogen (secondary N) is 1. The van der Waals surface area contributed by atoms with E-state index >= 15 is 0 Å². The highest BCUT2D eigenvalue weighted by Crippen LogP contribution is 2.26. The highest BCUT2D eigenvalue weighted by Gasteiger charge is 2.23. The second kappa shape index (κ2) is 9.03. The van der Waals surface area contributed by atoms with E-state index in [2.05, 4.69) is 30.4 Å². The van der Waals surface area contributed by atoms with Crippen LogP contribution in [0.2, 0.25) is 0 Å². The number of amides is 1. The summed E-state index contributed by atoms with van der Waals surface area (Å²) in [5, 5.41) is 3.09. The monoisotopic (exact) mass is 369 g/mol. The molecule has 0 aliphatic heterocycles.